The number of hydrogen-bond donors (Lipinski definition) is 0. The van der Waals surface area contributed by atoms with E-state index in [1.54, 1.807) is 42.2 Å². The number of fused-ring (bicyclic) bond motifs is 1. The first-order chi connectivity index (χ1) is 14.7. The Kier molecular flexibility index (Phi) is 3.42. The van der Waals surface area contributed by atoms with Gasteiger partial charge in [-0.3, -0.25) is 0 Å². The second-order valence-corrected chi connectivity index (χ2v) is 13.0. The van der Waals surface area contributed by atoms with Crippen LogP contribution in [0, 0.1) is 41.4 Å². The van der Waals surface area contributed by atoms with Gasteiger partial charge in [-0.15, -0.1) is 0 Å². The number of benzene rings is 2. The third-order valence-electron chi connectivity index (χ3n) is 11.1. The van der Waals surface area contributed by atoms with Crippen LogP contribution >= 0.6 is 0 Å². The molecule has 0 atom stereocenters. The molecule has 2 aromatic rings. The van der Waals surface area contributed by atoms with Crippen molar-refractivity contribution in [2.45, 2.75) is 82.0 Å². The van der Waals surface area contributed by atoms with E-state index in [1.807, 2.05) is 0 Å². The average Bonchev–Trinajstić information content (AvgIpc) is 2.71. The minimum Gasteiger partial charge on any atom is -0.0581 e. The first-order valence-corrected chi connectivity index (χ1v) is 13.2. The minimum atomic E-state index is 0.529. The summed E-state index contributed by atoms with van der Waals surface area (Å²) < 4.78 is 0. The molecule has 0 amide bonds. The quantitative estimate of drug-likeness (QED) is 0.485. The van der Waals surface area contributed by atoms with E-state index in [1.165, 1.54) is 50.3 Å². The molecule has 0 heterocycles. The first kappa shape index (κ1) is 17.3. The van der Waals surface area contributed by atoms with Crippen molar-refractivity contribution in [2.75, 3.05) is 0 Å². The van der Waals surface area contributed by atoms with Crippen LogP contribution in [0.5, 0.6) is 0 Å². The fourth-order valence-electron chi connectivity index (χ4n) is 10.7. The van der Waals surface area contributed by atoms with Crippen molar-refractivity contribution in [2.24, 2.45) is 41.4 Å². The zero-order valence-corrected chi connectivity index (χ0v) is 18.4. The highest BCUT2D eigenvalue weighted by atomic mass is 14.6. The van der Waals surface area contributed by atoms with Gasteiger partial charge in [0.1, 0.15) is 0 Å². The van der Waals surface area contributed by atoms with E-state index in [0.29, 0.717) is 5.41 Å². The predicted octanol–water partition coefficient (Wildman–Crippen LogP) is 7.85. The fraction of sp³-hybridized carbons (Fsp3) is 0.667. The molecule has 0 spiro atoms. The Morgan fingerprint density at radius 3 is 1.73 bits per heavy atom. The van der Waals surface area contributed by atoms with Gasteiger partial charge in [0.25, 0.3) is 0 Å². The summed E-state index contributed by atoms with van der Waals surface area (Å²) >= 11 is 0. The van der Waals surface area contributed by atoms with Gasteiger partial charge < -0.3 is 0 Å². The molecule has 0 unspecified atom stereocenters. The Hall–Kier alpha value is -1.30. The van der Waals surface area contributed by atoms with Crippen LogP contribution < -0.4 is 0 Å². The normalized spacial score (nSPS) is 48.0. The Balaban J connectivity index is 1.18. The Morgan fingerprint density at radius 2 is 1.10 bits per heavy atom. The average molecular weight is 397 g/mol. The third kappa shape index (κ3) is 2.40. The first-order valence-electron chi connectivity index (χ1n) is 13.2. The van der Waals surface area contributed by atoms with Crippen LogP contribution in [0.15, 0.2) is 36.4 Å². The fourth-order valence-corrected chi connectivity index (χ4v) is 10.7. The Labute approximate surface area is 181 Å². The SMILES string of the molecule is c1cc2ccc(C34CC5CC(CC(C5)C3)C4)cc2cc1C1C2CC3CC(C2)CC1C3. The van der Waals surface area contributed by atoms with Crippen molar-refractivity contribution in [3.8, 4) is 0 Å². The largest absolute Gasteiger partial charge is 0.0581 e. The molecule has 2 aromatic carbocycles. The van der Waals surface area contributed by atoms with Gasteiger partial charge in [-0.05, 0) is 145 Å². The van der Waals surface area contributed by atoms with E-state index >= 15 is 0 Å². The molecule has 0 nitrogen and oxygen atoms in total. The number of rotatable bonds is 2. The molecular weight excluding hydrogens is 360 g/mol. The summed E-state index contributed by atoms with van der Waals surface area (Å²) in [4.78, 5) is 0. The molecule has 8 bridgehead atoms. The molecule has 0 saturated heterocycles. The lowest BCUT2D eigenvalue weighted by Gasteiger charge is -2.57. The summed E-state index contributed by atoms with van der Waals surface area (Å²) in [6.45, 7) is 0. The maximum Gasteiger partial charge on any atom is -0.00388 e. The molecule has 8 aliphatic rings. The van der Waals surface area contributed by atoms with Crippen LogP contribution in [0.3, 0.4) is 0 Å². The van der Waals surface area contributed by atoms with Gasteiger partial charge in [-0.25, -0.2) is 0 Å². The minimum absolute atomic E-state index is 0.529. The third-order valence-corrected chi connectivity index (χ3v) is 11.1. The van der Waals surface area contributed by atoms with Gasteiger partial charge in [0.05, 0.1) is 0 Å². The smallest absolute Gasteiger partial charge is 0.00388 e. The molecule has 0 aromatic heterocycles. The second kappa shape index (κ2) is 5.93. The maximum absolute atomic E-state index is 2.65. The van der Waals surface area contributed by atoms with Crippen LogP contribution in [0.25, 0.3) is 10.8 Å². The van der Waals surface area contributed by atoms with Crippen molar-refractivity contribution >= 4 is 10.8 Å². The highest BCUT2D eigenvalue weighted by Crippen LogP contribution is 2.62. The predicted molar refractivity (Wildman–Crippen MR) is 124 cm³/mol. The van der Waals surface area contributed by atoms with Gasteiger partial charge in [0, 0.05) is 0 Å². The van der Waals surface area contributed by atoms with E-state index in [9.17, 15) is 0 Å². The Morgan fingerprint density at radius 1 is 0.533 bits per heavy atom. The Bertz CT molecular complexity index is 949. The molecule has 0 N–H and O–H groups in total. The summed E-state index contributed by atoms with van der Waals surface area (Å²) in [5, 5.41) is 3.02. The van der Waals surface area contributed by atoms with Crippen LogP contribution in [-0.4, -0.2) is 0 Å². The lowest BCUT2D eigenvalue weighted by Crippen LogP contribution is -2.48. The summed E-state index contributed by atoms with van der Waals surface area (Å²) in [6, 6.07) is 15.3. The van der Waals surface area contributed by atoms with Gasteiger partial charge in [-0.1, -0.05) is 36.4 Å². The van der Waals surface area contributed by atoms with E-state index < -0.39 is 0 Å². The van der Waals surface area contributed by atoms with Gasteiger partial charge in [0.2, 0.25) is 0 Å². The van der Waals surface area contributed by atoms with E-state index in [4.69, 9.17) is 0 Å². The van der Waals surface area contributed by atoms with Gasteiger partial charge >= 0.3 is 0 Å². The van der Waals surface area contributed by atoms with Crippen LogP contribution in [0.4, 0.5) is 0 Å². The summed E-state index contributed by atoms with van der Waals surface area (Å²) in [6.07, 6.45) is 16.8. The van der Waals surface area contributed by atoms with E-state index in [-0.39, 0.29) is 0 Å². The van der Waals surface area contributed by atoms with Crippen LogP contribution in [0.2, 0.25) is 0 Å². The van der Waals surface area contributed by atoms with Crippen molar-refractivity contribution in [1.29, 1.82) is 0 Å². The molecule has 156 valence electrons. The number of hydrogen-bond acceptors (Lipinski definition) is 0. The zero-order valence-electron chi connectivity index (χ0n) is 18.4. The molecule has 8 saturated carbocycles. The molecule has 0 radical (unpaired) electrons. The zero-order chi connectivity index (χ0) is 19.4. The van der Waals surface area contributed by atoms with Crippen molar-refractivity contribution in [3.05, 3.63) is 47.5 Å². The summed E-state index contributed by atoms with van der Waals surface area (Å²) in [7, 11) is 0. The summed E-state index contributed by atoms with van der Waals surface area (Å²) in [5.41, 5.74) is 3.93. The molecule has 10 rings (SSSR count). The van der Waals surface area contributed by atoms with Crippen molar-refractivity contribution in [1.82, 2.24) is 0 Å². The standard InChI is InChI=1S/C30H36/c1-2-24(29-26-9-18-5-19(11-26)12-27(29)10-18)13-25-14-28(4-3-23(1)25)30-15-20-6-21(16-30)8-22(7-20)17-30/h1-4,13-14,18-22,26-27,29H,5-12,15-17H2. The monoisotopic (exact) mass is 396 g/mol. The van der Waals surface area contributed by atoms with Crippen LogP contribution in [-0.2, 0) is 5.41 Å². The van der Waals surface area contributed by atoms with E-state index in [0.717, 1.165) is 47.3 Å². The molecule has 0 aliphatic heterocycles. The van der Waals surface area contributed by atoms with Crippen molar-refractivity contribution < 1.29 is 0 Å². The molecule has 30 heavy (non-hydrogen) atoms. The molecule has 8 fully saturated rings. The topological polar surface area (TPSA) is 0 Å². The highest BCUT2D eigenvalue weighted by molar-refractivity contribution is 5.84. The van der Waals surface area contributed by atoms with Crippen LogP contribution in [0.1, 0.15) is 87.7 Å². The lowest BCUT2D eigenvalue weighted by molar-refractivity contribution is -0.00515. The maximum atomic E-state index is 2.65. The van der Waals surface area contributed by atoms with E-state index in [2.05, 4.69) is 36.4 Å². The molecule has 0 heteroatoms. The second-order valence-electron chi connectivity index (χ2n) is 13.0. The highest BCUT2D eigenvalue weighted by Gasteiger charge is 2.52. The molecular formula is C30H36. The summed E-state index contributed by atoms with van der Waals surface area (Å²) in [5.74, 6) is 8.10. The van der Waals surface area contributed by atoms with Gasteiger partial charge in [-0.2, -0.15) is 0 Å². The van der Waals surface area contributed by atoms with Gasteiger partial charge in [0.15, 0.2) is 0 Å². The lowest BCUT2D eigenvalue weighted by atomic mass is 9.48. The molecule has 8 aliphatic carbocycles. The van der Waals surface area contributed by atoms with Crippen molar-refractivity contribution in [3.63, 3.8) is 0 Å².